The molecular weight excluding hydrogens is 274 g/mol. The Labute approximate surface area is 124 Å². The number of hydrogen-bond acceptors (Lipinski definition) is 4. The molecule has 2 saturated heterocycles. The molecular formula is C14H23N3O4. The second-order valence-corrected chi connectivity index (χ2v) is 6.46. The summed E-state index contributed by atoms with van der Waals surface area (Å²) in [4.78, 5) is 38.7. The number of carbonyl (C=O) groups excluding carboxylic acids is 3. The Balaban J connectivity index is 1.77. The third-order valence-corrected chi connectivity index (χ3v) is 3.55. The highest BCUT2D eigenvalue weighted by Gasteiger charge is 2.36. The van der Waals surface area contributed by atoms with Crippen molar-refractivity contribution in [1.82, 2.24) is 15.1 Å². The highest BCUT2D eigenvalue weighted by atomic mass is 16.6. The van der Waals surface area contributed by atoms with Gasteiger partial charge in [-0.2, -0.15) is 0 Å². The molecule has 0 spiro atoms. The van der Waals surface area contributed by atoms with E-state index in [1.807, 2.05) is 0 Å². The smallest absolute Gasteiger partial charge is 0.317 e. The van der Waals surface area contributed by atoms with E-state index in [9.17, 15) is 14.4 Å². The fourth-order valence-corrected chi connectivity index (χ4v) is 2.59. The fraction of sp³-hybridized carbons (Fsp3) is 0.786. The number of fused-ring (bicyclic) bond motifs is 1. The molecule has 7 nitrogen and oxygen atoms in total. The van der Waals surface area contributed by atoms with Crippen LogP contribution in [0.3, 0.4) is 0 Å². The van der Waals surface area contributed by atoms with Crippen LogP contribution in [0.5, 0.6) is 0 Å². The molecule has 0 aromatic carbocycles. The topological polar surface area (TPSA) is 79.0 Å². The number of rotatable bonds is 3. The maximum atomic E-state index is 12.1. The Morgan fingerprint density at radius 3 is 2.67 bits per heavy atom. The lowest BCUT2D eigenvalue weighted by Crippen LogP contribution is -2.53. The maximum Gasteiger partial charge on any atom is 0.317 e. The minimum Gasteiger partial charge on any atom is -0.460 e. The van der Waals surface area contributed by atoms with Crippen LogP contribution in [0.4, 0.5) is 4.79 Å². The van der Waals surface area contributed by atoms with Crippen molar-refractivity contribution in [2.24, 2.45) is 0 Å². The van der Waals surface area contributed by atoms with E-state index in [0.29, 0.717) is 26.2 Å². The minimum absolute atomic E-state index is 0.0525. The van der Waals surface area contributed by atoms with Gasteiger partial charge >= 0.3 is 12.0 Å². The van der Waals surface area contributed by atoms with Gasteiger partial charge in [0.25, 0.3) is 0 Å². The Kier molecular flexibility index (Phi) is 4.39. The van der Waals surface area contributed by atoms with Gasteiger partial charge in [-0.15, -0.1) is 0 Å². The van der Waals surface area contributed by atoms with E-state index < -0.39 is 5.60 Å². The van der Waals surface area contributed by atoms with Gasteiger partial charge in [-0.3, -0.25) is 9.59 Å². The summed E-state index contributed by atoms with van der Waals surface area (Å²) >= 11 is 0. The zero-order valence-electron chi connectivity index (χ0n) is 12.8. The molecule has 2 aliphatic rings. The van der Waals surface area contributed by atoms with E-state index in [4.69, 9.17) is 4.74 Å². The summed E-state index contributed by atoms with van der Waals surface area (Å²) in [6.45, 7) is 7.59. The average Bonchev–Trinajstić information content (AvgIpc) is 2.75. The molecule has 0 radical (unpaired) electrons. The summed E-state index contributed by atoms with van der Waals surface area (Å²) in [7, 11) is 0. The molecule has 0 aliphatic carbocycles. The average molecular weight is 297 g/mol. The molecule has 1 N–H and O–H groups in total. The Bertz CT molecular complexity index is 444. The maximum absolute atomic E-state index is 12.1. The molecule has 1 unspecified atom stereocenters. The molecule has 0 aromatic heterocycles. The summed E-state index contributed by atoms with van der Waals surface area (Å²) in [6.07, 6.45) is 0.251. The van der Waals surface area contributed by atoms with Gasteiger partial charge < -0.3 is 19.9 Å². The van der Waals surface area contributed by atoms with Gasteiger partial charge in [-0.1, -0.05) is 0 Å². The van der Waals surface area contributed by atoms with Crippen LogP contribution in [0, 0.1) is 0 Å². The summed E-state index contributed by atoms with van der Waals surface area (Å²) in [5.41, 5.74) is -0.526. The van der Waals surface area contributed by atoms with Crippen molar-refractivity contribution in [3.63, 3.8) is 0 Å². The van der Waals surface area contributed by atoms with Gasteiger partial charge in [0.1, 0.15) is 5.60 Å². The van der Waals surface area contributed by atoms with Crippen LogP contribution in [0.2, 0.25) is 0 Å². The van der Waals surface area contributed by atoms with Crippen molar-refractivity contribution in [3.8, 4) is 0 Å². The SMILES string of the molecule is CC(C)(C)OC(=O)CCC(=O)N1CCN2C(=O)NCC2C1. The molecule has 118 valence electrons. The van der Waals surface area contributed by atoms with Crippen molar-refractivity contribution < 1.29 is 19.1 Å². The van der Waals surface area contributed by atoms with E-state index >= 15 is 0 Å². The number of nitrogens with one attached hydrogen (secondary N) is 1. The molecule has 2 fully saturated rings. The molecule has 0 saturated carbocycles. The number of urea groups is 1. The van der Waals surface area contributed by atoms with E-state index in [1.165, 1.54) is 0 Å². The highest BCUT2D eigenvalue weighted by molar-refractivity contribution is 5.82. The van der Waals surface area contributed by atoms with Gasteiger partial charge in [0.2, 0.25) is 5.91 Å². The number of amides is 3. The molecule has 2 aliphatic heterocycles. The van der Waals surface area contributed by atoms with Gasteiger partial charge in [0.15, 0.2) is 0 Å². The van der Waals surface area contributed by atoms with Crippen LogP contribution in [0.1, 0.15) is 33.6 Å². The number of carbonyl (C=O) groups is 3. The quantitative estimate of drug-likeness (QED) is 0.762. The van der Waals surface area contributed by atoms with Crippen molar-refractivity contribution >= 4 is 17.9 Å². The predicted octanol–water partition coefficient (Wildman–Crippen LogP) is 0.344. The van der Waals surface area contributed by atoms with Crippen LogP contribution < -0.4 is 5.32 Å². The zero-order chi connectivity index (χ0) is 15.6. The van der Waals surface area contributed by atoms with Crippen LogP contribution in [0.15, 0.2) is 0 Å². The molecule has 7 heteroatoms. The summed E-state index contributed by atoms with van der Waals surface area (Å²) in [5.74, 6) is -0.410. The van der Waals surface area contributed by atoms with Crippen LogP contribution in [-0.4, -0.2) is 65.5 Å². The molecule has 2 rings (SSSR count). The first-order valence-electron chi connectivity index (χ1n) is 7.30. The third kappa shape index (κ3) is 4.09. The summed E-state index contributed by atoms with van der Waals surface area (Å²) < 4.78 is 5.19. The van der Waals surface area contributed by atoms with Crippen molar-refractivity contribution in [3.05, 3.63) is 0 Å². The monoisotopic (exact) mass is 297 g/mol. The molecule has 2 heterocycles. The second-order valence-electron chi connectivity index (χ2n) is 6.46. The van der Waals surface area contributed by atoms with E-state index in [1.54, 1.807) is 30.6 Å². The van der Waals surface area contributed by atoms with E-state index in [-0.39, 0.29) is 36.8 Å². The van der Waals surface area contributed by atoms with Crippen LogP contribution in [0.25, 0.3) is 0 Å². The van der Waals surface area contributed by atoms with Crippen molar-refractivity contribution in [2.45, 2.75) is 45.3 Å². The second kappa shape index (κ2) is 5.91. The van der Waals surface area contributed by atoms with E-state index in [0.717, 1.165) is 0 Å². The predicted molar refractivity (Wildman–Crippen MR) is 75.6 cm³/mol. The van der Waals surface area contributed by atoms with Gasteiger partial charge in [0.05, 0.1) is 12.5 Å². The number of nitrogens with zero attached hydrogens (tertiary/aromatic N) is 2. The highest BCUT2D eigenvalue weighted by Crippen LogP contribution is 2.16. The first-order chi connectivity index (χ1) is 9.76. The standard InChI is InChI=1S/C14H23N3O4/c1-14(2,3)21-12(19)5-4-11(18)16-6-7-17-10(9-16)8-15-13(17)20/h10H,4-9H2,1-3H3,(H,15,20). The molecule has 3 amide bonds. The van der Waals surface area contributed by atoms with Gasteiger partial charge in [0, 0.05) is 32.6 Å². The zero-order valence-corrected chi connectivity index (χ0v) is 12.8. The number of piperazine rings is 1. The minimum atomic E-state index is -0.526. The summed E-state index contributed by atoms with van der Waals surface area (Å²) in [6, 6.07) is -0.00224. The van der Waals surface area contributed by atoms with Crippen molar-refractivity contribution in [1.29, 1.82) is 0 Å². The van der Waals surface area contributed by atoms with Crippen molar-refractivity contribution in [2.75, 3.05) is 26.2 Å². The van der Waals surface area contributed by atoms with Gasteiger partial charge in [-0.25, -0.2) is 4.79 Å². The lowest BCUT2D eigenvalue weighted by Gasteiger charge is -2.36. The Morgan fingerprint density at radius 1 is 1.29 bits per heavy atom. The summed E-state index contributed by atoms with van der Waals surface area (Å²) in [5, 5.41) is 2.77. The van der Waals surface area contributed by atoms with E-state index in [2.05, 4.69) is 5.32 Å². The first kappa shape index (κ1) is 15.6. The van der Waals surface area contributed by atoms with Crippen LogP contribution >= 0.6 is 0 Å². The molecule has 21 heavy (non-hydrogen) atoms. The number of hydrogen-bond donors (Lipinski definition) is 1. The number of esters is 1. The van der Waals surface area contributed by atoms with Crippen LogP contribution in [-0.2, 0) is 14.3 Å². The fourth-order valence-electron chi connectivity index (χ4n) is 2.59. The molecule has 0 bridgehead atoms. The normalized spacial score (nSPS) is 21.9. The molecule has 0 aromatic rings. The first-order valence-corrected chi connectivity index (χ1v) is 7.30. The lowest BCUT2D eigenvalue weighted by molar-refractivity contribution is -0.156. The Hall–Kier alpha value is -1.79. The number of ether oxygens (including phenoxy) is 1. The molecule has 1 atom stereocenters. The Morgan fingerprint density at radius 2 is 2.00 bits per heavy atom. The van der Waals surface area contributed by atoms with Gasteiger partial charge in [-0.05, 0) is 20.8 Å². The third-order valence-electron chi connectivity index (χ3n) is 3.55. The largest absolute Gasteiger partial charge is 0.460 e. The lowest BCUT2D eigenvalue weighted by atomic mass is 10.1.